The summed E-state index contributed by atoms with van der Waals surface area (Å²) in [5, 5.41) is 31.0. The number of nitriles is 1. The normalized spacial score (nSPS) is 11.2. The second kappa shape index (κ2) is 7.63. The molecule has 0 bridgehead atoms. The van der Waals surface area contributed by atoms with Crippen molar-refractivity contribution >= 4 is 22.9 Å². The van der Waals surface area contributed by atoms with Gasteiger partial charge in [-0.05, 0) is 42.8 Å². The van der Waals surface area contributed by atoms with Crippen molar-refractivity contribution in [1.82, 2.24) is 15.3 Å². The van der Waals surface area contributed by atoms with E-state index in [1.165, 1.54) is 24.3 Å². The second-order valence-corrected chi connectivity index (χ2v) is 6.13. The summed E-state index contributed by atoms with van der Waals surface area (Å²) in [5.41, 5.74) is 1.30. The van der Waals surface area contributed by atoms with Gasteiger partial charge in [-0.3, -0.25) is 9.59 Å². The van der Waals surface area contributed by atoms with Crippen LogP contribution < -0.4 is 10.9 Å². The fourth-order valence-electron chi connectivity index (χ4n) is 2.59. The lowest BCUT2D eigenvalue weighted by atomic mass is 10.1. The van der Waals surface area contributed by atoms with Crippen molar-refractivity contribution in [2.24, 2.45) is 0 Å². The smallest absolute Gasteiger partial charge is 0.262 e. The lowest BCUT2D eigenvalue weighted by molar-refractivity contribution is -0.117. The van der Waals surface area contributed by atoms with Gasteiger partial charge in [-0.15, -0.1) is 0 Å². The number of aromatic nitrogens is 2. The molecule has 0 aliphatic heterocycles. The van der Waals surface area contributed by atoms with E-state index >= 15 is 0 Å². The summed E-state index contributed by atoms with van der Waals surface area (Å²) >= 11 is 0. The highest BCUT2D eigenvalue weighted by Gasteiger charge is 2.11. The Morgan fingerprint density at radius 3 is 2.75 bits per heavy atom. The Morgan fingerprint density at radius 1 is 1.25 bits per heavy atom. The standard InChI is InChI=1S/C20H16N4O4/c1-11-2-4-15-14(6-11)20(28)24-18(23-15)10-22-19(27)13(9-21)7-12-3-5-16(25)17(26)8-12/h2-8,25-26H,10H2,1H3,(H,22,27)(H,23,24,28)/b13-7+. The molecule has 4 N–H and O–H groups in total. The Bertz CT molecular complexity index is 1210. The number of fused-ring (bicyclic) bond motifs is 1. The van der Waals surface area contributed by atoms with Crippen molar-refractivity contribution in [2.75, 3.05) is 0 Å². The molecular formula is C20H16N4O4. The number of rotatable bonds is 4. The highest BCUT2D eigenvalue weighted by molar-refractivity contribution is 6.01. The molecule has 0 aliphatic carbocycles. The highest BCUT2D eigenvalue weighted by Crippen LogP contribution is 2.25. The van der Waals surface area contributed by atoms with Crippen molar-refractivity contribution in [3.63, 3.8) is 0 Å². The Kier molecular flexibility index (Phi) is 5.09. The number of benzene rings is 2. The van der Waals surface area contributed by atoms with Gasteiger partial charge in [0, 0.05) is 0 Å². The molecule has 0 radical (unpaired) electrons. The summed E-state index contributed by atoms with van der Waals surface area (Å²) in [6.07, 6.45) is 1.27. The number of hydrogen-bond acceptors (Lipinski definition) is 6. The minimum atomic E-state index is -0.665. The van der Waals surface area contributed by atoms with Crippen LogP contribution in [0.4, 0.5) is 0 Å². The maximum Gasteiger partial charge on any atom is 0.262 e. The third-order valence-electron chi connectivity index (χ3n) is 4.00. The lowest BCUT2D eigenvalue weighted by Gasteiger charge is -2.06. The predicted molar refractivity (Wildman–Crippen MR) is 102 cm³/mol. The molecule has 0 aliphatic rings. The monoisotopic (exact) mass is 376 g/mol. The third-order valence-corrected chi connectivity index (χ3v) is 4.00. The van der Waals surface area contributed by atoms with Crippen LogP contribution >= 0.6 is 0 Å². The van der Waals surface area contributed by atoms with Crippen molar-refractivity contribution in [1.29, 1.82) is 5.26 Å². The predicted octanol–water partition coefficient (Wildman–Crippen LogP) is 1.87. The zero-order chi connectivity index (χ0) is 20.3. The number of aromatic hydroxyl groups is 2. The minimum Gasteiger partial charge on any atom is -0.504 e. The van der Waals surface area contributed by atoms with E-state index in [-0.39, 0.29) is 35.0 Å². The van der Waals surface area contributed by atoms with Crippen LogP contribution in [0.1, 0.15) is 17.0 Å². The van der Waals surface area contributed by atoms with Gasteiger partial charge >= 0.3 is 0 Å². The molecule has 2 aromatic carbocycles. The van der Waals surface area contributed by atoms with Crippen molar-refractivity contribution in [3.8, 4) is 17.6 Å². The van der Waals surface area contributed by atoms with E-state index in [1.54, 1.807) is 18.2 Å². The SMILES string of the molecule is Cc1ccc2nc(CNC(=O)/C(C#N)=C/c3ccc(O)c(O)c3)[nH]c(=O)c2c1. The number of carbonyl (C=O) groups excluding carboxylic acids is 1. The van der Waals surface area contributed by atoms with Crippen LogP contribution in [0.25, 0.3) is 17.0 Å². The number of aromatic amines is 1. The first kappa shape index (κ1) is 18.7. The molecular weight excluding hydrogens is 360 g/mol. The van der Waals surface area contributed by atoms with E-state index in [0.717, 1.165) is 5.56 Å². The summed E-state index contributed by atoms with van der Waals surface area (Å²) in [6.45, 7) is 1.80. The number of hydrogen-bond donors (Lipinski definition) is 4. The van der Waals surface area contributed by atoms with Crippen molar-refractivity contribution in [3.05, 3.63) is 69.3 Å². The molecule has 0 atom stereocenters. The van der Waals surface area contributed by atoms with Gasteiger partial charge in [0.2, 0.25) is 0 Å². The molecule has 0 spiro atoms. The molecule has 0 saturated carbocycles. The molecule has 28 heavy (non-hydrogen) atoms. The molecule has 0 unspecified atom stereocenters. The number of phenolic OH excluding ortho intramolecular Hbond substituents is 2. The number of aryl methyl sites for hydroxylation is 1. The highest BCUT2D eigenvalue weighted by atomic mass is 16.3. The number of nitrogens with zero attached hydrogens (tertiary/aromatic N) is 2. The first-order chi connectivity index (χ1) is 13.4. The number of carbonyl (C=O) groups is 1. The number of nitrogens with one attached hydrogen (secondary N) is 2. The van der Waals surface area contributed by atoms with Crippen molar-refractivity contribution in [2.45, 2.75) is 13.5 Å². The van der Waals surface area contributed by atoms with E-state index in [1.807, 2.05) is 13.0 Å². The van der Waals surface area contributed by atoms with Crippen LogP contribution in [0, 0.1) is 18.3 Å². The molecule has 8 heteroatoms. The Morgan fingerprint density at radius 2 is 2.04 bits per heavy atom. The summed E-state index contributed by atoms with van der Waals surface area (Å²) in [6, 6.07) is 11.0. The quantitative estimate of drug-likeness (QED) is 0.311. The average Bonchev–Trinajstić information content (AvgIpc) is 2.67. The van der Waals surface area contributed by atoms with Gasteiger partial charge < -0.3 is 20.5 Å². The van der Waals surface area contributed by atoms with Crippen LogP contribution in [0.2, 0.25) is 0 Å². The van der Waals surface area contributed by atoms with Gasteiger partial charge in [0.15, 0.2) is 11.5 Å². The van der Waals surface area contributed by atoms with Gasteiger partial charge in [0.25, 0.3) is 11.5 Å². The maximum absolute atomic E-state index is 12.3. The summed E-state index contributed by atoms with van der Waals surface area (Å²) in [5.74, 6) is -1.07. The summed E-state index contributed by atoms with van der Waals surface area (Å²) in [7, 11) is 0. The van der Waals surface area contributed by atoms with Crippen LogP contribution in [-0.4, -0.2) is 26.1 Å². The first-order valence-corrected chi connectivity index (χ1v) is 8.29. The fourth-order valence-corrected chi connectivity index (χ4v) is 2.59. The zero-order valence-corrected chi connectivity index (χ0v) is 14.9. The summed E-state index contributed by atoms with van der Waals surface area (Å²) < 4.78 is 0. The number of H-pyrrole nitrogens is 1. The largest absolute Gasteiger partial charge is 0.504 e. The maximum atomic E-state index is 12.3. The van der Waals surface area contributed by atoms with Gasteiger partial charge in [0.1, 0.15) is 17.5 Å². The van der Waals surface area contributed by atoms with E-state index in [4.69, 9.17) is 0 Å². The molecule has 1 aromatic heterocycles. The number of phenols is 2. The van der Waals surface area contributed by atoms with Crippen LogP contribution in [0.5, 0.6) is 11.5 Å². The van der Waals surface area contributed by atoms with Crippen LogP contribution in [-0.2, 0) is 11.3 Å². The molecule has 3 rings (SSSR count). The minimum absolute atomic E-state index is 0.0717. The molecule has 8 nitrogen and oxygen atoms in total. The Hall–Kier alpha value is -4.12. The second-order valence-electron chi connectivity index (χ2n) is 6.13. The van der Waals surface area contributed by atoms with E-state index in [2.05, 4.69) is 15.3 Å². The molecule has 140 valence electrons. The van der Waals surface area contributed by atoms with Crippen LogP contribution in [0.15, 0.2) is 46.8 Å². The Labute approximate surface area is 159 Å². The lowest BCUT2D eigenvalue weighted by Crippen LogP contribution is -2.26. The molecule has 1 heterocycles. The van der Waals surface area contributed by atoms with Gasteiger partial charge in [-0.1, -0.05) is 17.7 Å². The molecule has 0 saturated heterocycles. The zero-order valence-electron chi connectivity index (χ0n) is 14.9. The first-order valence-electron chi connectivity index (χ1n) is 8.29. The molecule has 1 amide bonds. The number of amides is 1. The molecule has 3 aromatic rings. The van der Waals surface area contributed by atoms with Crippen LogP contribution in [0.3, 0.4) is 0 Å². The van der Waals surface area contributed by atoms with E-state index in [0.29, 0.717) is 16.5 Å². The molecule has 0 fully saturated rings. The average molecular weight is 376 g/mol. The Balaban J connectivity index is 1.78. The van der Waals surface area contributed by atoms with E-state index < -0.39 is 5.91 Å². The van der Waals surface area contributed by atoms with Gasteiger partial charge in [-0.25, -0.2) is 4.98 Å². The topological polar surface area (TPSA) is 139 Å². The third kappa shape index (κ3) is 3.99. The van der Waals surface area contributed by atoms with E-state index in [9.17, 15) is 25.1 Å². The summed E-state index contributed by atoms with van der Waals surface area (Å²) in [4.78, 5) is 31.3. The fraction of sp³-hybridized carbons (Fsp3) is 0.100. The van der Waals surface area contributed by atoms with Gasteiger partial charge in [0.05, 0.1) is 17.4 Å². The van der Waals surface area contributed by atoms with Gasteiger partial charge in [-0.2, -0.15) is 5.26 Å². The van der Waals surface area contributed by atoms with Crippen molar-refractivity contribution < 1.29 is 15.0 Å².